The van der Waals surface area contributed by atoms with Crippen LogP contribution in [0.5, 0.6) is 5.75 Å². The highest BCUT2D eigenvalue weighted by molar-refractivity contribution is 7.90. The summed E-state index contributed by atoms with van der Waals surface area (Å²) in [6.07, 6.45) is 1.15. The summed E-state index contributed by atoms with van der Waals surface area (Å²) in [4.78, 5) is 7.56. The fourth-order valence-electron chi connectivity index (χ4n) is 2.05. The van der Waals surface area contributed by atoms with Crippen molar-refractivity contribution in [2.45, 2.75) is 4.90 Å². The number of rotatable bonds is 2. The van der Waals surface area contributed by atoms with Crippen molar-refractivity contribution in [2.24, 2.45) is 0 Å². The third-order valence-electron chi connectivity index (χ3n) is 3.10. The number of fused-ring (bicyclic) bond motifs is 1. The van der Waals surface area contributed by atoms with Gasteiger partial charge in [0.2, 0.25) is 0 Å². The van der Waals surface area contributed by atoms with Crippen molar-refractivity contribution < 1.29 is 13.5 Å². The molecule has 0 aliphatic rings. The normalized spacial score (nSPS) is 11.9. The molecule has 1 heterocycles. The Morgan fingerprint density at radius 2 is 1.95 bits per heavy atom. The first-order valence-electron chi connectivity index (χ1n) is 6.03. The second kappa shape index (κ2) is 4.75. The van der Waals surface area contributed by atoms with Crippen molar-refractivity contribution in [1.82, 2.24) is 9.97 Å². The summed E-state index contributed by atoms with van der Waals surface area (Å²) in [5.74, 6) is 0.453. The van der Waals surface area contributed by atoms with Gasteiger partial charge in [-0.25, -0.2) is 13.4 Å². The molecule has 108 valence electrons. The molecule has 0 aliphatic heterocycles. The number of halogens is 1. The van der Waals surface area contributed by atoms with Crippen LogP contribution in [0.25, 0.3) is 22.4 Å². The highest BCUT2D eigenvalue weighted by Gasteiger charge is 2.13. The molecule has 0 amide bonds. The molecule has 3 aromatic rings. The minimum absolute atomic E-state index is 0.00453. The number of H-pyrrole nitrogens is 1. The zero-order valence-electron chi connectivity index (χ0n) is 11.0. The minimum atomic E-state index is -3.28. The molecule has 0 aliphatic carbocycles. The second-order valence-corrected chi connectivity index (χ2v) is 7.15. The van der Waals surface area contributed by atoms with Gasteiger partial charge in [0.1, 0.15) is 11.6 Å². The van der Waals surface area contributed by atoms with Crippen LogP contribution in [0.4, 0.5) is 0 Å². The molecule has 0 radical (unpaired) electrons. The number of phenols is 1. The number of nitrogens with one attached hydrogen (secondary N) is 1. The van der Waals surface area contributed by atoms with Gasteiger partial charge in [-0.1, -0.05) is 11.6 Å². The van der Waals surface area contributed by atoms with Crippen LogP contribution in [-0.4, -0.2) is 29.7 Å². The SMILES string of the molecule is CS(=O)(=O)c1ccc2nc(-c3ccc(Cl)cc3O)[nH]c2c1. The Bertz CT molecular complexity index is 948. The number of imidazole rings is 1. The maximum Gasteiger partial charge on any atom is 0.175 e. The number of aromatic nitrogens is 2. The summed E-state index contributed by atoms with van der Waals surface area (Å²) < 4.78 is 23.1. The van der Waals surface area contributed by atoms with Gasteiger partial charge < -0.3 is 10.1 Å². The van der Waals surface area contributed by atoms with Crippen molar-refractivity contribution in [2.75, 3.05) is 6.26 Å². The van der Waals surface area contributed by atoms with Crippen molar-refractivity contribution in [1.29, 1.82) is 0 Å². The number of benzene rings is 2. The number of phenolic OH excluding ortho intramolecular Hbond substituents is 1. The van der Waals surface area contributed by atoms with Crippen molar-refractivity contribution >= 4 is 32.5 Å². The van der Waals surface area contributed by atoms with Crippen LogP contribution < -0.4 is 0 Å². The molecule has 0 spiro atoms. The Balaban J connectivity index is 2.17. The lowest BCUT2D eigenvalue weighted by Crippen LogP contribution is -1.96. The fraction of sp³-hybridized carbons (Fsp3) is 0.0714. The molecule has 0 saturated heterocycles. The van der Waals surface area contributed by atoms with Crippen molar-refractivity contribution in [3.05, 3.63) is 41.4 Å². The quantitative estimate of drug-likeness (QED) is 0.759. The Hall–Kier alpha value is -2.05. The van der Waals surface area contributed by atoms with Crippen LogP contribution in [0.15, 0.2) is 41.3 Å². The van der Waals surface area contributed by atoms with E-state index in [0.717, 1.165) is 6.26 Å². The van der Waals surface area contributed by atoms with E-state index in [9.17, 15) is 13.5 Å². The smallest absolute Gasteiger partial charge is 0.175 e. The Labute approximate surface area is 126 Å². The highest BCUT2D eigenvalue weighted by atomic mass is 35.5. The molecule has 21 heavy (non-hydrogen) atoms. The molecule has 5 nitrogen and oxygen atoms in total. The molecule has 1 aromatic heterocycles. The maximum absolute atomic E-state index is 11.6. The van der Waals surface area contributed by atoms with E-state index in [4.69, 9.17) is 11.6 Å². The van der Waals surface area contributed by atoms with E-state index in [1.54, 1.807) is 18.2 Å². The van der Waals surface area contributed by atoms with Gasteiger partial charge in [-0.3, -0.25) is 0 Å². The highest BCUT2D eigenvalue weighted by Crippen LogP contribution is 2.31. The Morgan fingerprint density at radius 3 is 2.62 bits per heavy atom. The minimum Gasteiger partial charge on any atom is -0.507 e. The number of nitrogens with zero attached hydrogens (tertiary/aromatic N) is 1. The number of hydrogen-bond acceptors (Lipinski definition) is 4. The number of sulfone groups is 1. The van der Waals surface area contributed by atoms with E-state index in [-0.39, 0.29) is 10.6 Å². The van der Waals surface area contributed by atoms with Crippen LogP contribution in [-0.2, 0) is 9.84 Å². The fourth-order valence-corrected chi connectivity index (χ4v) is 2.87. The van der Waals surface area contributed by atoms with Crippen LogP contribution in [0.2, 0.25) is 5.02 Å². The third kappa shape index (κ3) is 2.59. The molecule has 2 N–H and O–H groups in total. The summed E-state index contributed by atoms with van der Waals surface area (Å²) in [5, 5.41) is 10.3. The summed E-state index contributed by atoms with van der Waals surface area (Å²) in [6, 6.07) is 9.36. The van der Waals surface area contributed by atoms with E-state index in [1.165, 1.54) is 18.2 Å². The Kier molecular flexibility index (Phi) is 3.15. The number of aromatic amines is 1. The molecule has 0 fully saturated rings. The molecule has 2 aromatic carbocycles. The molecule has 0 atom stereocenters. The molecular weight excluding hydrogens is 312 g/mol. The lowest BCUT2D eigenvalue weighted by Gasteiger charge is -2.00. The van der Waals surface area contributed by atoms with Gasteiger partial charge in [0.15, 0.2) is 9.84 Å². The summed E-state index contributed by atoms with van der Waals surface area (Å²) in [6.45, 7) is 0. The van der Waals surface area contributed by atoms with Gasteiger partial charge in [-0.2, -0.15) is 0 Å². The first-order valence-corrected chi connectivity index (χ1v) is 8.30. The second-order valence-electron chi connectivity index (χ2n) is 4.70. The lowest BCUT2D eigenvalue weighted by atomic mass is 10.2. The average Bonchev–Trinajstić information content (AvgIpc) is 2.79. The monoisotopic (exact) mass is 322 g/mol. The van der Waals surface area contributed by atoms with E-state index in [0.29, 0.717) is 27.4 Å². The zero-order valence-corrected chi connectivity index (χ0v) is 12.5. The first-order chi connectivity index (χ1) is 9.84. The topological polar surface area (TPSA) is 83.1 Å². The van der Waals surface area contributed by atoms with Gasteiger partial charge in [-0.05, 0) is 36.4 Å². The number of hydrogen-bond donors (Lipinski definition) is 2. The molecule has 0 unspecified atom stereocenters. The van der Waals surface area contributed by atoms with E-state index < -0.39 is 9.84 Å². The average molecular weight is 323 g/mol. The molecule has 3 rings (SSSR count). The standard InChI is InChI=1S/C14H11ClN2O3S/c1-21(19,20)9-3-5-11-12(7-9)17-14(16-11)10-4-2-8(15)6-13(10)18/h2-7,18H,1H3,(H,16,17). The number of aromatic hydroxyl groups is 1. The van der Waals surface area contributed by atoms with Gasteiger partial charge in [0, 0.05) is 11.3 Å². The van der Waals surface area contributed by atoms with Crippen LogP contribution in [0.1, 0.15) is 0 Å². The largest absolute Gasteiger partial charge is 0.507 e. The van der Waals surface area contributed by atoms with Crippen LogP contribution in [0.3, 0.4) is 0 Å². The molecule has 0 saturated carbocycles. The van der Waals surface area contributed by atoms with Gasteiger partial charge in [0.05, 0.1) is 21.5 Å². The van der Waals surface area contributed by atoms with Crippen LogP contribution in [0, 0.1) is 0 Å². The third-order valence-corrected chi connectivity index (χ3v) is 4.44. The van der Waals surface area contributed by atoms with Crippen molar-refractivity contribution in [3.8, 4) is 17.1 Å². The maximum atomic E-state index is 11.6. The van der Waals surface area contributed by atoms with E-state index >= 15 is 0 Å². The van der Waals surface area contributed by atoms with Crippen molar-refractivity contribution in [3.63, 3.8) is 0 Å². The molecular formula is C14H11ClN2O3S. The predicted molar refractivity (Wildman–Crippen MR) is 81.3 cm³/mol. The first kappa shape index (κ1) is 13.9. The predicted octanol–water partition coefficient (Wildman–Crippen LogP) is 2.99. The van der Waals surface area contributed by atoms with Gasteiger partial charge in [-0.15, -0.1) is 0 Å². The Morgan fingerprint density at radius 1 is 1.19 bits per heavy atom. The summed E-state index contributed by atoms with van der Waals surface area (Å²) in [5.41, 5.74) is 1.70. The zero-order chi connectivity index (χ0) is 15.2. The van der Waals surface area contributed by atoms with Gasteiger partial charge >= 0.3 is 0 Å². The van der Waals surface area contributed by atoms with E-state index in [1.807, 2.05) is 0 Å². The van der Waals surface area contributed by atoms with Crippen LogP contribution >= 0.6 is 11.6 Å². The van der Waals surface area contributed by atoms with Gasteiger partial charge in [0.25, 0.3) is 0 Å². The summed E-state index contributed by atoms with van der Waals surface area (Å²) >= 11 is 5.80. The lowest BCUT2D eigenvalue weighted by molar-refractivity contribution is 0.477. The summed E-state index contributed by atoms with van der Waals surface area (Å²) in [7, 11) is -3.28. The van der Waals surface area contributed by atoms with E-state index in [2.05, 4.69) is 9.97 Å². The molecule has 7 heteroatoms. The molecule has 0 bridgehead atoms.